The molecule has 0 saturated carbocycles. The first-order valence-corrected chi connectivity index (χ1v) is 7.75. The third-order valence-electron chi connectivity index (χ3n) is 3.77. The number of hydrogen-bond donors (Lipinski definition) is 1. The first kappa shape index (κ1) is 16.5. The minimum Gasteiger partial charge on any atom is -0.497 e. The summed E-state index contributed by atoms with van der Waals surface area (Å²) in [4.78, 5) is 23.3. The molecule has 0 fully saturated rings. The zero-order valence-corrected chi connectivity index (χ0v) is 13.7. The van der Waals surface area contributed by atoms with Crippen LogP contribution in [-0.2, 0) is 4.79 Å². The molecule has 3 rings (SSSR count). The Morgan fingerprint density at radius 2 is 1.88 bits per heavy atom. The van der Waals surface area contributed by atoms with Gasteiger partial charge in [-0.25, -0.2) is 0 Å². The molecule has 0 saturated heterocycles. The van der Waals surface area contributed by atoms with Crippen LogP contribution in [0.4, 0.5) is 5.69 Å². The number of carbonyl (C=O) groups is 2. The zero-order chi connectivity index (χ0) is 17.6. The second kappa shape index (κ2) is 7.49. The molecule has 0 unspecified atom stereocenters. The number of nitrogens with one attached hydrogen (secondary N) is 1. The molecule has 0 aliphatic rings. The van der Waals surface area contributed by atoms with Crippen LogP contribution in [0.3, 0.4) is 0 Å². The number of rotatable bonds is 6. The fraction of sp³-hybridized carbons (Fsp3) is 0.100. The lowest BCUT2D eigenvalue weighted by molar-refractivity contribution is -0.118. The molecule has 5 heteroatoms. The maximum atomic E-state index is 12.2. The first-order valence-electron chi connectivity index (χ1n) is 7.75. The van der Waals surface area contributed by atoms with Crippen molar-refractivity contribution in [3.8, 4) is 11.5 Å². The van der Waals surface area contributed by atoms with E-state index in [4.69, 9.17) is 9.47 Å². The summed E-state index contributed by atoms with van der Waals surface area (Å²) in [5.74, 6) is 0.586. The summed E-state index contributed by atoms with van der Waals surface area (Å²) >= 11 is 0. The van der Waals surface area contributed by atoms with E-state index in [-0.39, 0.29) is 12.5 Å². The van der Waals surface area contributed by atoms with Crippen LogP contribution in [0.1, 0.15) is 10.4 Å². The van der Waals surface area contributed by atoms with Crippen LogP contribution < -0.4 is 14.8 Å². The minimum absolute atomic E-state index is 0.198. The van der Waals surface area contributed by atoms with Gasteiger partial charge in [0.15, 0.2) is 12.9 Å². The molecule has 0 radical (unpaired) electrons. The van der Waals surface area contributed by atoms with E-state index in [2.05, 4.69) is 5.32 Å². The molecule has 0 spiro atoms. The number of anilines is 1. The molecule has 0 atom stereocenters. The van der Waals surface area contributed by atoms with Crippen molar-refractivity contribution in [1.82, 2.24) is 0 Å². The number of hydrogen-bond acceptors (Lipinski definition) is 4. The quantitative estimate of drug-likeness (QED) is 0.698. The van der Waals surface area contributed by atoms with E-state index in [1.54, 1.807) is 18.2 Å². The summed E-state index contributed by atoms with van der Waals surface area (Å²) in [5.41, 5.74) is 1.05. The van der Waals surface area contributed by atoms with E-state index in [0.29, 0.717) is 23.3 Å². The monoisotopic (exact) mass is 335 g/mol. The molecule has 5 nitrogen and oxygen atoms in total. The van der Waals surface area contributed by atoms with Gasteiger partial charge in [-0.3, -0.25) is 9.59 Å². The molecule has 0 heterocycles. The average Bonchev–Trinajstić information content (AvgIpc) is 2.66. The summed E-state index contributed by atoms with van der Waals surface area (Å²) in [7, 11) is 1.52. The molecule has 1 N–H and O–H groups in total. The van der Waals surface area contributed by atoms with Gasteiger partial charge < -0.3 is 14.8 Å². The van der Waals surface area contributed by atoms with E-state index in [0.717, 1.165) is 16.5 Å². The normalized spacial score (nSPS) is 10.3. The summed E-state index contributed by atoms with van der Waals surface area (Å²) < 4.78 is 10.5. The van der Waals surface area contributed by atoms with Crippen LogP contribution in [0.2, 0.25) is 0 Å². The number of ether oxygens (including phenoxy) is 2. The Morgan fingerprint density at radius 3 is 2.68 bits per heavy atom. The van der Waals surface area contributed by atoms with Gasteiger partial charge in [-0.05, 0) is 29.7 Å². The second-order valence-corrected chi connectivity index (χ2v) is 5.39. The molecule has 0 bridgehead atoms. The third kappa shape index (κ3) is 3.77. The topological polar surface area (TPSA) is 64.6 Å². The van der Waals surface area contributed by atoms with Crippen LogP contribution in [0.15, 0.2) is 60.7 Å². The Labute approximate surface area is 145 Å². The van der Waals surface area contributed by atoms with Gasteiger partial charge in [-0.1, -0.05) is 36.4 Å². The molecule has 3 aromatic rings. The Bertz CT molecular complexity index is 915. The molecule has 25 heavy (non-hydrogen) atoms. The molecule has 3 aromatic carbocycles. The Balaban J connectivity index is 1.70. The predicted molar refractivity (Wildman–Crippen MR) is 96.5 cm³/mol. The van der Waals surface area contributed by atoms with Gasteiger partial charge in [0.25, 0.3) is 5.91 Å². The molecular formula is C20H17NO4. The van der Waals surface area contributed by atoms with Gasteiger partial charge in [0.2, 0.25) is 0 Å². The van der Waals surface area contributed by atoms with E-state index in [9.17, 15) is 9.59 Å². The number of methoxy groups -OCH3 is 1. The van der Waals surface area contributed by atoms with E-state index < -0.39 is 0 Å². The molecule has 0 aliphatic carbocycles. The van der Waals surface area contributed by atoms with Gasteiger partial charge in [0.1, 0.15) is 11.5 Å². The molecular weight excluding hydrogens is 318 g/mol. The molecule has 1 amide bonds. The maximum absolute atomic E-state index is 12.2. The first-order chi connectivity index (χ1) is 12.2. The minimum atomic E-state index is -0.302. The summed E-state index contributed by atoms with van der Waals surface area (Å²) in [6, 6.07) is 18.3. The predicted octanol–water partition coefficient (Wildman–Crippen LogP) is 3.68. The second-order valence-electron chi connectivity index (χ2n) is 5.39. The molecule has 126 valence electrons. The van der Waals surface area contributed by atoms with E-state index in [1.807, 2.05) is 42.5 Å². The number of benzene rings is 3. The van der Waals surface area contributed by atoms with Crippen molar-refractivity contribution in [3.05, 3.63) is 66.2 Å². The maximum Gasteiger partial charge on any atom is 0.262 e. The highest BCUT2D eigenvalue weighted by Gasteiger charge is 2.09. The highest BCUT2D eigenvalue weighted by atomic mass is 16.5. The largest absolute Gasteiger partial charge is 0.497 e. The van der Waals surface area contributed by atoms with Crippen LogP contribution in [-0.4, -0.2) is 25.9 Å². The van der Waals surface area contributed by atoms with Gasteiger partial charge in [0.05, 0.1) is 12.7 Å². The van der Waals surface area contributed by atoms with Crippen molar-refractivity contribution in [3.63, 3.8) is 0 Å². The lowest BCUT2D eigenvalue weighted by atomic mass is 10.1. The standard InChI is InChI=1S/C20H17NO4/c1-24-16-9-10-19(15(11-16)12-22)25-13-20(23)21-18-8-4-6-14-5-2-3-7-17(14)18/h2-12H,13H2,1H3,(H,21,23). The molecule has 0 aliphatic heterocycles. The van der Waals surface area contributed by atoms with Crippen LogP contribution in [0.5, 0.6) is 11.5 Å². The van der Waals surface area contributed by atoms with Crippen molar-refractivity contribution < 1.29 is 19.1 Å². The highest BCUT2D eigenvalue weighted by molar-refractivity contribution is 6.02. The van der Waals surface area contributed by atoms with E-state index >= 15 is 0 Å². The van der Waals surface area contributed by atoms with Gasteiger partial charge in [0, 0.05) is 11.1 Å². The van der Waals surface area contributed by atoms with Crippen molar-refractivity contribution in [2.45, 2.75) is 0 Å². The Hall–Kier alpha value is -3.34. The summed E-state index contributed by atoms with van der Waals surface area (Å²) in [6.07, 6.45) is 0.667. The van der Waals surface area contributed by atoms with E-state index in [1.165, 1.54) is 7.11 Å². The number of fused-ring (bicyclic) bond motifs is 1. The van der Waals surface area contributed by atoms with Gasteiger partial charge >= 0.3 is 0 Å². The van der Waals surface area contributed by atoms with Crippen molar-refractivity contribution in [1.29, 1.82) is 0 Å². The van der Waals surface area contributed by atoms with Crippen molar-refractivity contribution in [2.75, 3.05) is 19.0 Å². The Morgan fingerprint density at radius 1 is 1.08 bits per heavy atom. The smallest absolute Gasteiger partial charge is 0.262 e. The van der Waals surface area contributed by atoms with Crippen molar-refractivity contribution >= 4 is 28.7 Å². The van der Waals surface area contributed by atoms with Crippen LogP contribution in [0, 0.1) is 0 Å². The SMILES string of the molecule is COc1ccc(OCC(=O)Nc2cccc3ccccc23)c(C=O)c1. The van der Waals surface area contributed by atoms with Crippen LogP contribution in [0.25, 0.3) is 10.8 Å². The third-order valence-corrected chi connectivity index (χ3v) is 3.77. The number of carbonyl (C=O) groups excluding carboxylic acids is 2. The number of amides is 1. The lowest BCUT2D eigenvalue weighted by Crippen LogP contribution is -2.20. The fourth-order valence-corrected chi connectivity index (χ4v) is 2.54. The summed E-state index contributed by atoms with van der Waals surface area (Å²) in [5, 5.41) is 4.83. The fourth-order valence-electron chi connectivity index (χ4n) is 2.54. The number of aldehydes is 1. The lowest BCUT2D eigenvalue weighted by Gasteiger charge is -2.11. The van der Waals surface area contributed by atoms with Crippen LogP contribution >= 0.6 is 0 Å². The Kier molecular flexibility index (Phi) is 4.95. The van der Waals surface area contributed by atoms with Crippen molar-refractivity contribution in [2.24, 2.45) is 0 Å². The van der Waals surface area contributed by atoms with Gasteiger partial charge in [-0.15, -0.1) is 0 Å². The molecule has 0 aromatic heterocycles. The average molecular weight is 335 g/mol. The zero-order valence-electron chi connectivity index (χ0n) is 13.7. The van der Waals surface area contributed by atoms with Gasteiger partial charge in [-0.2, -0.15) is 0 Å². The summed E-state index contributed by atoms with van der Waals surface area (Å²) in [6.45, 7) is -0.198. The highest BCUT2D eigenvalue weighted by Crippen LogP contribution is 2.24.